The second-order valence-electron chi connectivity index (χ2n) is 4.91. The van der Waals surface area contributed by atoms with E-state index in [4.69, 9.17) is 4.74 Å². The molecule has 1 aliphatic heterocycles. The van der Waals surface area contributed by atoms with Crippen LogP contribution in [0.4, 0.5) is 4.79 Å². The van der Waals surface area contributed by atoms with Gasteiger partial charge < -0.3 is 15.0 Å². The zero-order valence-corrected chi connectivity index (χ0v) is 10.5. The lowest BCUT2D eigenvalue weighted by Crippen LogP contribution is -2.36. The Labute approximate surface area is 96.9 Å². The van der Waals surface area contributed by atoms with Crippen LogP contribution in [0, 0.1) is 0 Å². The molecule has 0 unspecified atom stereocenters. The van der Waals surface area contributed by atoms with Crippen molar-refractivity contribution in [2.24, 2.45) is 4.99 Å². The number of amidine groups is 1. The number of nitrogens with one attached hydrogen (secondary N) is 1. The third-order valence-electron chi connectivity index (χ3n) is 2.13. The summed E-state index contributed by atoms with van der Waals surface area (Å²) < 4.78 is 5.24. The molecule has 92 valence electrons. The fourth-order valence-electron chi connectivity index (χ4n) is 1.32. The summed E-state index contributed by atoms with van der Waals surface area (Å²) in [6.07, 6.45) is 0.474. The smallest absolute Gasteiger partial charge is 0.410 e. The molecule has 0 fully saturated rings. The highest BCUT2D eigenvalue weighted by Gasteiger charge is 2.19. The molecule has 0 bridgehead atoms. The SMILES string of the molecule is CN(CCC1=NCCN1)C(=O)OC(C)(C)C. The summed E-state index contributed by atoms with van der Waals surface area (Å²) >= 11 is 0. The predicted molar refractivity (Wildman–Crippen MR) is 63.8 cm³/mol. The van der Waals surface area contributed by atoms with Crippen LogP contribution in [-0.4, -0.2) is 49.1 Å². The van der Waals surface area contributed by atoms with E-state index in [0.717, 1.165) is 25.3 Å². The molecule has 1 rings (SSSR count). The van der Waals surface area contributed by atoms with Gasteiger partial charge in [0.05, 0.1) is 12.4 Å². The lowest BCUT2D eigenvalue weighted by molar-refractivity contribution is 0.0303. The fourth-order valence-corrected chi connectivity index (χ4v) is 1.32. The van der Waals surface area contributed by atoms with Gasteiger partial charge in [-0.25, -0.2) is 4.79 Å². The molecular formula is C11H21N3O2. The lowest BCUT2D eigenvalue weighted by atomic mass is 10.2. The van der Waals surface area contributed by atoms with E-state index in [0.29, 0.717) is 6.54 Å². The van der Waals surface area contributed by atoms with Crippen LogP contribution in [0.3, 0.4) is 0 Å². The van der Waals surface area contributed by atoms with Crippen LogP contribution in [0.2, 0.25) is 0 Å². The molecule has 0 atom stereocenters. The summed E-state index contributed by atoms with van der Waals surface area (Å²) in [6.45, 7) is 7.96. The quantitative estimate of drug-likeness (QED) is 0.789. The highest BCUT2D eigenvalue weighted by atomic mass is 16.6. The molecule has 0 saturated carbocycles. The Bertz CT molecular complexity index is 281. The molecule has 1 heterocycles. The molecule has 16 heavy (non-hydrogen) atoms. The van der Waals surface area contributed by atoms with Crippen molar-refractivity contribution in [3.8, 4) is 0 Å². The van der Waals surface area contributed by atoms with Crippen LogP contribution in [0.5, 0.6) is 0 Å². The molecule has 0 saturated heterocycles. The molecule has 5 heteroatoms. The molecule has 0 aromatic carbocycles. The van der Waals surface area contributed by atoms with Gasteiger partial charge in [-0.3, -0.25) is 4.99 Å². The first-order valence-electron chi connectivity index (χ1n) is 5.60. The molecule has 1 N–H and O–H groups in total. The van der Waals surface area contributed by atoms with Gasteiger partial charge in [0, 0.05) is 26.6 Å². The highest BCUT2D eigenvalue weighted by Crippen LogP contribution is 2.09. The third-order valence-corrected chi connectivity index (χ3v) is 2.13. The number of ether oxygens (including phenoxy) is 1. The summed E-state index contributed by atoms with van der Waals surface area (Å²) in [4.78, 5) is 17.5. The zero-order valence-electron chi connectivity index (χ0n) is 10.5. The Balaban J connectivity index is 2.28. The van der Waals surface area contributed by atoms with E-state index in [9.17, 15) is 4.79 Å². The van der Waals surface area contributed by atoms with Crippen molar-refractivity contribution < 1.29 is 9.53 Å². The lowest BCUT2D eigenvalue weighted by Gasteiger charge is -2.24. The number of rotatable bonds is 3. The van der Waals surface area contributed by atoms with Crippen LogP contribution in [0.25, 0.3) is 0 Å². The van der Waals surface area contributed by atoms with E-state index in [1.807, 2.05) is 20.8 Å². The van der Waals surface area contributed by atoms with Crippen molar-refractivity contribution in [2.75, 3.05) is 26.7 Å². The van der Waals surface area contributed by atoms with Crippen molar-refractivity contribution in [1.82, 2.24) is 10.2 Å². The van der Waals surface area contributed by atoms with Gasteiger partial charge >= 0.3 is 6.09 Å². The molecule has 0 aliphatic carbocycles. The van der Waals surface area contributed by atoms with Gasteiger partial charge in [0.15, 0.2) is 0 Å². The van der Waals surface area contributed by atoms with E-state index >= 15 is 0 Å². The maximum atomic E-state index is 11.6. The predicted octanol–water partition coefficient (Wildman–Crippen LogP) is 1.25. The molecule has 5 nitrogen and oxygen atoms in total. The first-order chi connectivity index (χ1) is 7.38. The third kappa shape index (κ3) is 4.51. The maximum absolute atomic E-state index is 11.6. The number of carbonyl (C=O) groups is 1. The first-order valence-corrected chi connectivity index (χ1v) is 5.60. The van der Waals surface area contributed by atoms with Gasteiger partial charge in [-0.05, 0) is 20.8 Å². The number of carbonyl (C=O) groups excluding carboxylic acids is 1. The molecule has 1 aliphatic rings. The molecule has 0 aromatic rings. The van der Waals surface area contributed by atoms with Crippen LogP contribution in [0.1, 0.15) is 27.2 Å². The topological polar surface area (TPSA) is 53.9 Å². The van der Waals surface area contributed by atoms with Crippen LogP contribution in [-0.2, 0) is 4.74 Å². The normalized spacial score (nSPS) is 15.4. The minimum absolute atomic E-state index is 0.286. The van der Waals surface area contributed by atoms with Crippen LogP contribution >= 0.6 is 0 Å². The first kappa shape index (κ1) is 12.8. The maximum Gasteiger partial charge on any atom is 0.410 e. The largest absolute Gasteiger partial charge is 0.444 e. The Hall–Kier alpha value is -1.26. The fraction of sp³-hybridized carbons (Fsp3) is 0.818. The Morgan fingerprint density at radius 3 is 2.75 bits per heavy atom. The molecular weight excluding hydrogens is 206 g/mol. The second-order valence-corrected chi connectivity index (χ2v) is 4.91. The van der Waals surface area contributed by atoms with Crippen molar-refractivity contribution in [3.63, 3.8) is 0 Å². The molecule has 0 radical (unpaired) electrons. The van der Waals surface area contributed by atoms with Gasteiger partial charge in [0.2, 0.25) is 0 Å². The number of amides is 1. The van der Waals surface area contributed by atoms with Crippen LogP contribution in [0.15, 0.2) is 4.99 Å². The van der Waals surface area contributed by atoms with Gasteiger partial charge in [-0.1, -0.05) is 0 Å². The number of aliphatic imine (C=N–C) groups is 1. The van der Waals surface area contributed by atoms with E-state index in [1.54, 1.807) is 11.9 Å². The average Bonchev–Trinajstić information content (AvgIpc) is 2.63. The summed E-state index contributed by atoms with van der Waals surface area (Å²) in [5.74, 6) is 0.982. The summed E-state index contributed by atoms with van der Waals surface area (Å²) in [5, 5.41) is 3.17. The molecule has 0 aromatic heterocycles. The zero-order chi connectivity index (χ0) is 12.2. The Kier molecular flexibility index (Phi) is 4.15. The average molecular weight is 227 g/mol. The van der Waals surface area contributed by atoms with Crippen molar-refractivity contribution in [2.45, 2.75) is 32.8 Å². The summed E-state index contributed by atoms with van der Waals surface area (Å²) in [5.41, 5.74) is -0.436. The number of nitrogens with zero attached hydrogens (tertiary/aromatic N) is 2. The van der Waals surface area contributed by atoms with Crippen molar-refractivity contribution in [1.29, 1.82) is 0 Å². The van der Waals surface area contributed by atoms with E-state index < -0.39 is 5.60 Å². The van der Waals surface area contributed by atoms with Gasteiger partial charge in [0.25, 0.3) is 0 Å². The van der Waals surface area contributed by atoms with E-state index in [-0.39, 0.29) is 6.09 Å². The number of hydrogen-bond donors (Lipinski definition) is 1. The Morgan fingerprint density at radius 1 is 1.56 bits per heavy atom. The molecule has 1 amide bonds. The number of hydrogen-bond acceptors (Lipinski definition) is 4. The summed E-state index contributed by atoms with van der Waals surface area (Å²) in [6, 6.07) is 0. The standard InChI is InChI=1S/C11H21N3O2/c1-11(2,3)16-10(15)14(4)8-5-9-12-6-7-13-9/h5-8H2,1-4H3,(H,12,13). The van der Waals surface area contributed by atoms with Gasteiger partial charge in [0.1, 0.15) is 5.60 Å². The monoisotopic (exact) mass is 227 g/mol. The van der Waals surface area contributed by atoms with Crippen LogP contribution < -0.4 is 5.32 Å². The Morgan fingerprint density at radius 2 is 2.25 bits per heavy atom. The minimum Gasteiger partial charge on any atom is -0.444 e. The second kappa shape index (κ2) is 5.18. The minimum atomic E-state index is -0.436. The van der Waals surface area contributed by atoms with E-state index in [2.05, 4.69) is 10.3 Å². The summed E-state index contributed by atoms with van der Waals surface area (Å²) in [7, 11) is 1.74. The van der Waals surface area contributed by atoms with Gasteiger partial charge in [-0.15, -0.1) is 0 Å². The van der Waals surface area contributed by atoms with E-state index in [1.165, 1.54) is 0 Å². The van der Waals surface area contributed by atoms with Gasteiger partial charge in [-0.2, -0.15) is 0 Å². The molecule has 0 spiro atoms. The van der Waals surface area contributed by atoms with Crippen molar-refractivity contribution >= 4 is 11.9 Å². The highest BCUT2D eigenvalue weighted by molar-refractivity contribution is 5.84. The van der Waals surface area contributed by atoms with Crippen molar-refractivity contribution in [3.05, 3.63) is 0 Å².